The average molecular weight is 390 g/mol. The normalized spacial score (nSPS) is 11.6. The van der Waals surface area contributed by atoms with E-state index in [2.05, 4.69) is 26.6 Å². The highest BCUT2D eigenvalue weighted by Crippen LogP contribution is 2.21. The summed E-state index contributed by atoms with van der Waals surface area (Å²) in [7, 11) is 0. The van der Waals surface area contributed by atoms with Crippen molar-refractivity contribution < 1.29 is 9.59 Å². The molecule has 2 aromatic carbocycles. The third kappa shape index (κ3) is 5.09. The van der Waals surface area contributed by atoms with Gasteiger partial charge < -0.3 is 16.4 Å². The number of carbonyl (C=O) groups is 2. The van der Waals surface area contributed by atoms with E-state index in [0.717, 1.165) is 26.9 Å². The predicted molar refractivity (Wildman–Crippen MR) is 98.8 cm³/mol. The summed E-state index contributed by atoms with van der Waals surface area (Å²) in [6, 6.07) is 12.0. The molecule has 1 atom stereocenters. The number of hydrogen-bond acceptors (Lipinski definition) is 2. The molecule has 0 bridgehead atoms. The second-order valence-corrected chi connectivity index (χ2v) is 6.58. The average Bonchev–Trinajstić information content (AvgIpc) is 2.50. The van der Waals surface area contributed by atoms with Gasteiger partial charge in [-0.25, -0.2) is 4.79 Å². The summed E-state index contributed by atoms with van der Waals surface area (Å²) in [6.07, 6.45) is 0.0947. The Morgan fingerprint density at radius 2 is 1.75 bits per heavy atom. The fourth-order valence-corrected chi connectivity index (χ4v) is 2.60. The fourth-order valence-electron chi connectivity index (χ4n) is 2.34. The van der Waals surface area contributed by atoms with E-state index in [1.54, 1.807) is 0 Å². The Bertz CT molecular complexity index is 744. The molecule has 0 spiro atoms. The van der Waals surface area contributed by atoms with Crippen LogP contribution in [0.1, 0.15) is 29.2 Å². The molecule has 0 heterocycles. The highest BCUT2D eigenvalue weighted by atomic mass is 79.9. The monoisotopic (exact) mass is 389 g/mol. The van der Waals surface area contributed by atoms with Gasteiger partial charge in [0.25, 0.3) is 0 Å². The van der Waals surface area contributed by atoms with Gasteiger partial charge in [-0.05, 0) is 54.8 Å². The molecule has 3 amide bonds. The first-order valence-corrected chi connectivity index (χ1v) is 8.33. The lowest BCUT2D eigenvalue weighted by Crippen LogP contribution is -2.35. The molecule has 0 aliphatic carbocycles. The van der Waals surface area contributed by atoms with Crippen molar-refractivity contribution in [2.75, 3.05) is 5.32 Å². The highest BCUT2D eigenvalue weighted by molar-refractivity contribution is 9.10. The van der Waals surface area contributed by atoms with E-state index in [-0.39, 0.29) is 12.3 Å². The van der Waals surface area contributed by atoms with Crippen LogP contribution in [-0.4, -0.2) is 11.9 Å². The van der Waals surface area contributed by atoms with Crippen molar-refractivity contribution in [3.8, 4) is 0 Å². The summed E-state index contributed by atoms with van der Waals surface area (Å²) in [4.78, 5) is 23.6. The Labute approximate surface area is 149 Å². The number of carbonyl (C=O) groups excluding carboxylic acids is 2. The van der Waals surface area contributed by atoms with Crippen molar-refractivity contribution in [2.24, 2.45) is 5.73 Å². The molecule has 0 aliphatic rings. The molecule has 0 fully saturated rings. The van der Waals surface area contributed by atoms with Crippen molar-refractivity contribution in [1.29, 1.82) is 0 Å². The van der Waals surface area contributed by atoms with Gasteiger partial charge in [-0.1, -0.05) is 34.1 Å². The largest absolute Gasteiger partial charge is 0.352 e. The van der Waals surface area contributed by atoms with Gasteiger partial charge in [0, 0.05) is 10.2 Å². The number of aryl methyl sites for hydroxylation is 2. The topological polar surface area (TPSA) is 84.2 Å². The van der Waals surface area contributed by atoms with E-state index in [1.165, 1.54) is 0 Å². The molecule has 5 nitrogen and oxygen atoms in total. The van der Waals surface area contributed by atoms with Gasteiger partial charge in [-0.3, -0.25) is 4.79 Å². The van der Waals surface area contributed by atoms with Crippen LogP contribution in [0.25, 0.3) is 0 Å². The number of halogens is 1. The minimum atomic E-state index is -0.665. The minimum Gasteiger partial charge on any atom is -0.352 e. The number of amides is 3. The third-order valence-electron chi connectivity index (χ3n) is 3.77. The summed E-state index contributed by atoms with van der Waals surface area (Å²) in [5, 5.41) is 5.47. The van der Waals surface area contributed by atoms with Gasteiger partial charge in [-0.2, -0.15) is 0 Å². The lowest BCUT2D eigenvalue weighted by Gasteiger charge is -2.18. The quantitative estimate of drug-likeness (QED) is 0.726. The summed E-state index contributed by atoms with van der Waals surface area (Å²) in [5.41, 5.74) is 9.05. The molecule has 2 rings (SSSR count). The molecule has 126 valence electrons. The zero-order valence-corrected chi connectivity index (χ0v) is 15.2. The first kappa shape index (κ1) is 18.0. The molecule has 2 aromatic rings. The maximum atomic E-state index is 12.3. The molecule has 0 aliphatic heterocycles. The molecule has 0 unspecified atom stereocenters. The SMILES string of the molecule is Cc1ccc(NC(=O)C[C@H](NC(N)=O)c2ccc(Br)cc2)cc1C. The Morgan fingerprint density at radius 1 is 1.08 bits per heavy atom. The van der Waals surface area contributed by atoms with E-state index >= 15 is 0 Å². The standard InChI is InChI=1S/C18H20BrN3O2/c1-11-3-8-15(9-12(11)2)21-17(23)10-16(22-18(20)24)13-4-6-14(19)7-5-13/h3-9,16H,10H2,1-2H3,(H,21,23)(H3,20,22,24)/t16-/m0/s1. The first-order chi connectivity index (χ1) is 11.3. The van der Waals surface area contributed by atoms with Gasteiger partial charge in [0.05, 0.1) is 12.5 Å². The number of nitrogens with one attached hydrogen (secondary N) is 2. The summed E-state index contributed by atoms with van der Waals surface area (Å²) in [5.74, 6) is -0.195. The highest BCUT2D eigenvalue weighted by Gasteiger charge is 2.17. The molecule has 0 radical (unpaired) electrons. The number of hydrogen-bond donors (Lipinski definition) is 3. The summed E-state index contributed by atoms with van der Waals surface area (Å²) < 4.78 is 0.920. The van der Waals surface area contributed by atoms with Crippen LogP contribution in [0.5, 0.6) is 0 Å². The lowest BCUT2D eigenvalue weighted by molar-refractivity contribution is -0.116. The number of benzene rings is 2. The zero-order valence-electron chi connectivity index (χ0n) is 13.6. The van der Waals surface area contributed by atoms with Crippen molar-refractivity contribution >= 4 is 33.6 Å². The molecular formula is C18H20BrN3O2. The molecule has 0 saturated carbocycles. The Balaban J connectivity index is 2.10. The van der Waals surface area contributed by atoms with E-state index in [4.69, 9.17) is 5.73 Å². The van der Waals surface area contributed by atoms with Gasteiger partial charge >= 0.3 is 6.03 Å². The molecule has 24 heavy (non-hydrogen) atoms. The predicted octanol–water partition coefficient (Wildman–Crippen LogP) is 3.80. The van der Waals surface area contributed by atoms with Crippen LogP contribution in [0.4, 0.5) is 10.5 Å². The maximum absolute atomic E-state index is 12.3. The van der Waals surface area contributed by atoms with Crippen molar-refractivity contribution in [2.45, 2.75) is 26.3 Å². The molecular weight excluding hydrogens is 370 g/mol. The van der Waals surface area contributed by atoms with Gasteiger partial charge in [-0.15, -0.1) is 0 Å². The maximum Gasteiger partial charge on any atom is 0.312 e. The smallest absolute Gasteiger partial charge is 0.312 e. The summed E-state index contributed by atoms with van der Waals surface area (Å²) in [6.45, 7) is 4.01. The van der Waals surface area contributed by atoms with E-state index in [1.807, 2.05) is 56.3 Å². The number of primary amides is 1. The number of anilines is 1. The number of urea groups is 1. The zero-order chi connectivity index (χ0) is 17.7. The van der Waals surface area contributed by atoms with E-state index in [9.17, 15) is 9.59 Å². The van der Waals surface area contributed by atoms with Crippen LogP contribution >= 0.6 is 15.9 Å². The second-order valence-electron chi connectivity index (χ2n) is 5.66. The van der Waals surface area contributed by atoms with Crippen molar-refractivity contribution in [3.63, 3.8) is 0 Å². The van der Waals surface area contributed by atoms with Gasteiger partial charge in [0.1, 0.15) is 0 Å². The Kier molecular flexibility index (Phi) is 5.98. The second kappa shape index (κ2) is 7.97. The first-order valence-electron chi connectivity index (χ1n) is 7.53. The molecule has 6 heteroatoms. The van der Waals surface area contributed by atoms with Crippen molar-refractivity contribution in [1.82, 2.24) is 5.32 Å². The van der Waals surface area contributed by atoms with Crippen LogP contribution in [0.15, 0.2) is 46.9 Å². The van der Waals surface area contributed by atoms with E-state index < -0.39 is 12.1 Å². The van der Waals surface area contributed by atoms with Gasteiger partial charge in [0.2, 0.25) is 5.91 Å². The molecule has 0 aromatic heterocycles. The van der Waals surface area contributed by atoms with Crippen molar-refractivity contribution in [3.05, 3.63) is 63.6 Å². The number of rotatable bonds is 5. The van der Waals surface area contributed by atoms with Crippen LogP contribution in [0.3, 0.4) is 0 Å². The minimum absolute atomic E-state index is 0.0947. The van der Waals surface area contributed by atoms with Crippen LogP contribution in [0.2, 0.25) is 0 Å². The third-order valence-corrected chi connectivity index (χ3v) is 4.30. The van der Waals surface area contributed by atoms with Crippen LogP contribution < -0.4 is 16.4 Å². The fraction of sp³-hybridized carbons (Fsp3) is 0.222. The molecule has 0 saturated heterocycles. The van der Waals surface area contributed by atoms with Crippen LogP contribution in [-0.2, 0) is 4.79 Å². The Hall–Kier alpha value is -2.34. The number of nitrogens with two attached hydrogens (primary N) is 1. The van der Waals surface area contributed by atoms with Gasteiger partial charge in [0.15, 0.2) is 0 Å². The van der Waals surface area contributed by atoms with E-state index in [0.29, 0.717) is 0 Å². The Morgan fingerprint density at radius 3 is 2.33 bits per heavy atom. The lowest BCUT2D eigenvalue weighted by atomic mass is 10.0. The summed E-state index contributed by atoms with van der Waals surface area (Å²) >= 11 is 3.36. The van der Waals surface area contributed by atoms with Crippen LogP contribution in [0, 0.1) is 13.8 Å². The molecule has 4 N–H and O–H groups in total.